The Balaban J connectivity index is 1.42. The van der Waals surface area contributed by atoms with Crippen LogP contribution in [0.3, 0.4) is 0 Å². The lowest BCUT2D eigenvalue weighted by Crippen LogP contribution is -2.40. The Bertz CT molecular complexity index is 1930. The predicted molar refractivity (Wildman–Crippen MR) is 162 cm³/mol. The van der Waals surface area contributed by atoms with Crippen molar-refractivity contribution >= 4 is 33.1 Å². The molecule has 0 saturated carbocycles. The van der Waals surface area contributed by atoms with E-state index in [9.17, 15) is 9.59 Å². The molecule has 2 atom stereocenters. The summed E-state index contributed by atoms with van der Waals surface area (Å²) in [5.41, 5.74) is 11.1. The van der Waals surface area contributed by atoms with Gasteiger partial charge in [-0.3, -0.25) is 9.59 Å². The van der Waals surface area contributed by atoms with Crippen LogP contribution in [0.2, 0.25) is 0 Å². The minimum atomic E-state index is -0.547. The van der Waals surface area contributed by atoms with E-state index in [1.807, 2.05) is 12.1 Å². The summed E-state index contributed by atoms with van der Waals surface area (Å²) in [6.07, 6.45) is 0. The van der Waals surface area contributed by atoms with Crippen molar-refractivity contribution in [1.82, 2.24) is 0 Å². The molecule has 40 heavy (non-hydrogen) atoms. The van der Waals surface area contributed by atoms with Crippen LogP contribution < -0.4 is 0 Å². The molecule has 0 aromatic heterocycles. The van der Waals surface area contributed by atoms with E-state index in [1.54, 1.807) is 0 Å². The molecule has 0 heterocycles. The maximum absolute atomic E-state index is 13.4. The number of aryl methyl sites for hydroxylation is 2. The maximum atomic E-state index is 13.4. The molecule has 0 spiro atoms. The Morgan fingerprint density at radius 2 is 0.750 bits per heavy atom. The van der Waals surface area contributed by atoms with E-state index in [0.717, 1.165) is 43.8 Å². The van der Waals surface area contributed by atoms with Crippen molar-refractivity contribution < 1.29 is 9.59 Å². The van der Waals surface area contributed by atoms with Crippen LogP contribution in [0, 0.1) is 13.8 Å². The second-order valence-corrected chi connectivity index (χ2v) is 11.3. The summed E-state index contributed by atoms with van der Waals surface area (Å²) < 4.78 is 0. The highest BCUT2D eigenvalue weighted by molar-refractivity contribution is 6.45. The fourth-order valence-corrected chi connectivity index (χ4v) is 7.04. The van der Waals surface area contributed by atoms with Gasteiger partial charge in [0.25, 0.3) is 0 Å². The molecular weight excluding hydrogens is 488 g/mol. The molecule has 3 aliphatic carbocycles. The third kappa shape index (κ3) is 3.17. The minimum Gasteiger partial charge on any atom is -0.290 e. The predicted octanol–water partition coefficient (Wildman–Crippen LogP) is 8.67. The van der Waals surface area contributed by atoms with Crippen LogP contribution in [0.15, 0.2) is 109 Å². The number of carbonyl (C=O) groups is 2. The normalized spacial score (nSPS) is 17.4. The Morgan fingerprint density at radius 1 is 0.400 bits per heavy atom. The molecule has 2 heteroatoms. The molecule has 0 fully saturated rings. The molecular formula is C38H26O2. The van der Waals surface area contributed by atoms with Gasteiger partial charge in [0.05, 0.1) is 11.8 Å². The molecule has 2 bridgehead atoms. The van der Waals surface area contributed by atoms with Gasteiger partial charge in [-0.1, -0.05) is 72.8 Å². The molecule has 0 saturated heterocycles. The summed E-state index contributed by atoms with van der Waals surface area (Å²) in [4.78, 5) is 26.9. The molecule has 2 nitrogen and oxygen atoms in total. The Morgan fingerprint density at radius 3 is 1.15 bits per heavy atom. The summed E-state index contributed by atoms with van der Waals surface area (Å²) in [5.74, 6) is -1.66. The number of carbonyl (C=O) groups excluding carboxylic acids is 2. The second-order valence-electron chi connectivity index (χ2n) is 11.3. The first-order valence-electron chi connectivity index (χ1n) is 13.8. The van der Waals surface area contributed by atoms with E-state index in [0.29, 0.717) is 0 Å². The molecule has 6 aromatic rings. The van der Waals surface area contributed by atoms with E-state index < -0.39 is 11.8 Å². The highest BCUT2D eigenvalue weighted by atomic mass is 16.2. The largest absolute Gasteiger partial charge is 0.290 e. The number of benzene rings is 6. The summed E-state index contributed by atoms with van der Waals surface area (Å²) in [5, 5.41) is 4.37. The number of fused-ring (bicyclic) bond motifs is 3. The summed E-state index contributed by atoms with van der Waals surface area (Å²) in [6.45, 7) is 4.30. The van der Waals surface area contributed by atoms with Crippen LogP contribution in [0.5, 0.6) is 0 Å². The molecule has 0 N–H and O–H groups in total. The van der Waals surface area contributed by atoms with Crippen LogP contribution in [-0.2, 0) is 9.59 Å². The number of hydrogen-bond donors (Lipinski definition) is 0. The van der Waals surface area contributed by atoms with Crippen LogP contribution in [0.4, 0.5) is 0 Å². The van der Waals surface area contributed by atoms with E-state index >= 15 is 0 Å². The van der Waals surface area contributed by atoms with Gasteiger partial charge in [0.15, 0.2) is 0 Å². The van der Waals surface area contributed by atoms with Crippen molar-refractivity contribution in [1.29, 1.82) is 0 Å². The number of rotatable bonds is 2. The van der Waals surface area contributed by atoms with Gasteiger partial charge in [-0.05, 0) is 127 Å². The summed E-state index contributed by atoms with van der Waals surface area (Å²) >= 11 is 0. The SMILES string of the molecule is Cc1ccccc1-c1cc2cc3c(cc2cc1-c1ccccc1C)C1C(=O)C(=O)C3c2cc3ccccc3cc21. The zero-order valence-electron chi connectivity index (χ0n) is 22.4. The van der Waals surface area contributed by atoms with E-state index in [4.69, 9.17) is 0 Å². The fourth-order valence-electron chi connectivity index (χ4n) is 7.04. The summed E-state index contributed by atoms with van der Waals surface area (Å²) in [6, 6.07) is 38.3. The Labute approximate surface area is 232 Å². The standard InChI is InChI=1S/C38H26O2/c1-21-9-3-7-13-27(21)29-17-25-19-33-34(20-26(25)18-30(29)28-14-8-4-10-22(28)2)36-32-16-24-12-6-5-11-23(24)15-31(32)35(33)37(39)38(36)40/h3-20,35-36H,1-2H3. The average molecular weight is 515 g/mol. The number of hydrogen-bond acceptors (Lipinski definition) is 2. The molecule has 6 aromatic carbocycles. The van der Waals surface area contributed by atoms with Gasteiger partial charge in [-0.25, -0.2) is 0 Å². The smallest absolute Gasteiger partial charge is 0.211 e. The zero-order chi connectivity index (χ0) is 27.1. The number of Topliss-reactive ketones (excluding diaryl/α,β-unsaturated/α-hetero) is 2. The molecule has 9 rings (SSSR count). The van der Waals surface area contributed by atoms with E-state index in [1.165, 1.54) is 33.4 Å². The average Bonchev–Trinajstić information content (AvgIpc) is 2.97. The van der Waals surface area contributed by atoms with Gasteiger partial charge in [-0.2, -0.15) is 0 Å². The molecule has 3 aliphatic rings. The third-order valence-electron chi connectivity index (χ3n) is 9.01. The monoisotopic (exact) mass is 514 g/mol. The fraction of sp³-hybridized carbons (Fsp3) is 0.105. The van der Waals surface area contributed by atoms with Crippen molar-refractivity contribution in [3.63, 3.8) is 0 Å². The lowest BCUT2D eigenvalue weighted by Gasteiger charge is -2.38. The van der Waals surface area contributed by atoms with Gasteiger partial charge in [0, 0.05) is 0 Å². The molecule has 190 valence electrons. The van der Waals surface area contributed by atoms with Crippen molar-refractivity contribution in [3.8, 4) is 22.3 Å². The van der Waals surface area contributed by atoms with Crippen LogP contribution in [0.1, 0.15) is 45.2 Å². The first-order valence-corrected chi connectivity index (χ1v) is 13.8. The summed E-state index contributed by atoms with van der Waals surface area (Å²) in [7, 11) is 0. The van der Waals surface area contributed by atoms with Crippen molar-refractivity contribution in [2.75, 3.05) is 0 Å². The molecule has 0 aliphatic heterocycles. The van der Waals surface area contributed by atoms with Crippen LogP contribution in [-0.4, -0.2) is 11.6 Å². The minimum absolute atomic E-state index is 0.282. The molecule has 0 amide bonds. The number of ketones is 2. The molecule has 2 unspecified atom stereocenters. The zero-order valence-corrected chi connectivity index (χ0v) is 22.4. The van der Waals surface area contributed by atoms with Crippen LogP contribution >= 0.6 is 0 Å². The first kappa shape index (κ1) is 23.1. The van der Waals surface area contributed by atoms with E-state index in [2.05, 4.69) is 111 Å². The van der Waals surface area contributed by atoms with Gasteiger partial charge in [0.1, 0.15) is 0 Å². The van der Waals surface area contributed by atoms with Gasteiger partial charge in [0.2, 0.25) is 11.6 Å². The van der Waals surface area contributed by atoms with Gasteiger partial charge < -0.3 is 0 Å². The van der Waals surface area contributed by atoms with Crippen molar-refractivity contribution in [3.05, 3.63) is 143 Å². The topological polar surface area (TPSA) is 34.1 Å². The lowest BCUT2D eigenvalue weighted by atomic mass is 9.62. The van der Waals surface area contributed by atoms with Gasteiger partial charge >= 0.3 is 0 Å². The van der Waals surface area contributed by atoms with Crippen molar-refractivity contribution in [2.45, 2.75) is 25.7 Å². The second kappa shape index (κ2) is 8.34. The first-order chi connectivity index (χ1) is 19.5. The highest BCUT2D eigenvalue weighted by Gasteiger charge is 2.49. The maximum Gasteiger partial charge on any atom is 0.211 e. The third-order valence-corrected chi connectivity index (χ3v) is 9.01. The van der Waals surface area contributed by atoms with E-state index in [-0.39, 0.29) is 11.6 Å². The highest BCUT2D eigenvalue weighted by Crippen LogP contribution is 2.52. The Hall–Kier alpha value is -4.82. The molecule has 0 radical (unpaired) electrons. The lowest BCUT2D eigenvalue weighted by molar-refractivity contribution is -0.138. The Kier molecular flexibility index (Phi) is 4.82. The van der Waals surface area contributed by atoms with Crippen molar-refractivity contribution in [2.24, 2.45) is 0 Å². The van der Waals surface area contributed by atoms with Gasteiger partial charge in [-0.15, -0.1) is 0 Å². The quantitative estimate of drug-likeness (QED) is 0.217. The van der Waals surface area contributed by atoms with Crippen LogP contribution in [0.25, 0.3) is 43.8 Å².